The fraction of sp³-hybridized carbons (Fsp3) is 0.125. The van der Waals surface area contributed by atoms with Crippen LogP contribution in [-0.4, -0.2) is 7.11 Å². The number of benzene rings is 1. The van der Waals surface area contributed by atoms with Crippen molar-refractivity contribution in [2.75, 3.05) is 12.8 Å². The molecule has 3 heteroatoms. The number of anilines is 1. The summed E-state index contributed by atoms with van der Waals surface area (Å²) in [5.41, 5.74) is 6.41. The van der Waals surface area contributed by atoms with Crippen molar-refractivity contribution in [2.24, 2.45) is 0 Å². The number of hydrogen-bond acceptors (Lipinski definition) is 2. The van der Waals surface area contributed by atoms with Crippen LogP contribution >= 0.6 is 0 Å². The third-order valence-corrected chi connectivity index (χ3v) is 1.36. The van der Waals surface area contributed by atoms with Gasteiger partial charge in [-0.05, 0) is 18.2 Å². The first kappa shape index (κ1) is 7.42. The predicted molar refractivity (Wildman–Crippen MR) is 43.7 cm³/mol. The van der Waals surface area contributed by atoms with E-state index >= 15 is 0 Å². The zero-order chi connectivity index (χ0) is 8.27. The van der Waals surface area contributed by atoms with Gasteiger partial charge in [-0.15, -0.1) is 0 Å². The summed E-state index contributed by atoms with van der Waals surface area (Å²) >= 11 is 0. The van der Waals surface area contributed by atoms with Crippen molar-refractivity contribution in [3.05, 3.63) is 29.6 Å². The third kappa shape index (κ3) is 1.41. The molecular formula is C8H8N2O. The number of nitrogen functional groups attached to an aromatic ring is 1. The zero-order valence-corrected chi connectivity index (χ0v) is 6.16. The molecule has 0 aliphatic heterocycles. The molecule has 1 aromatic carbocycles. The van der Waals surface area contributed by atoms with Crippen molar-refractivity contribution in [3.63, 3.8) is 0 Å². The Labute approximate surface area is 65.2 Å². The van der Waals surface area contributed by atoms with Crippen LogP contribution in [0.15, 0.2) is 18.2 Å². The number of rotatable bonds is 1. The van der Waals surface area contributed by atoms with Crippen molar-refractivity contribution < 1.29 is 4.74 Å². The van der Waals surface area contributed by atoms with Crippen LogP contribution in [0, 0.1) is 6.57 Å². The monoisotopic (exact) mass is 148 g/mol. The van der Waals surface area contributed by atoms with Crippen molar-refractivity contribution >= 4 is 11.4 Å². The SMILES string of the molecule is [C-]#[N+]c1cc(OC)ccc1N. The lowest BCUT2D eigenvalue weighted by Gasteiger charge is -2.00. The zero-order valence-electron chi connectivity index (χ0n) is 6.16. The second-order valence-corrected chi connectivity index (χ2v) is 2.04. The molecular weight excluding hydrogens is 140 g/mol. The largest absolute Gasteiger partial charge is 0.498 e. The first-order chi connectivity index (χ1) is 5.27. The minimum Gasteiger partial charge on any atom is -0.498 e. The summed E-state index contributed by atoms with van der Waals surface area (Å²) < 4.78 is 4.91. The summed E-state index contributed by atoms with van der Waals surface area (Å²) in [5, 5.41) is 0. The highest BCUT2D eigenvalue weighted by Gasteiger charge is 1.98. The number of ether oxygens (including phenoxy) is 1. The van der Waals surface area contributed by atoms with Gasteiger partial charge in [-0.3, -0.25) is 0 Å². The summed E-state index contributed by atoms with van der Waals surface area (Å²) in [6.45, 7) is 6.75. The minimum absolute atomic E-state index is 0.435. The number of nitrogens with zero attached hydrogens (tertiary/aromatic N) is 1. The Balaban J connectivity index is 3.15. The maximum atomic E-state index is 6.75. The molecule has 2 N–H and O–H groups in total. The molecule has 0 aliphatic rings. The Morgan fingerprint density at radius 2 is 2.27 bits per heavy atom. The lowest BCUT2D eigenvalue weighted by molar-refractivity contribution is 0.415. The van der Waals surface area contributed by atoms with Gasteiger partial charge in [0.2, 0.25) is 5.69 Å². The maximum Gasteiger partial charge on any atom is 0.212 e. The average Bonchev–Trinajstić information content (AvgIpc) is 2.05. The van der Waals surface area contributed by atoms with Gasteiger partial charge in [0.1, 0.15) is 5.75 Å². The van der Waals surface area contributed by atoms with Gasteiger partial charge >= 0.3 is 0 Å². The standard InChI is InChI=1S/C8H8N2O/c1-10-8-5-6(11-2)3-4-7(8)9/h3-5H,9H2,2H3. The maximum absolute atomic E-state index is 6.75. The van der Waals surface area contributed by atoms with Crippen molar-refractivity contribution in [1.82, 2.24) is 0 Å². The van der Waals surface area contributed by atoms with Gasteiger partial charge in [0.15, 0.2) is 0 Å². The van der Waals surface area contributed by atoms with E-state index in [-0.39, 0.29) is 0 Å². The van der Waals surface area contributed by atoms with Crippen molar-refractivity contribution in [2.45, 2.75) is 0 Å². The lowest BCUT2D eigenvalue weighted by Crippen LogP contribution is -1.86. The van der Waals surface area contributed by atoms with Gasteiger partial charge in [-0.2, -0.15) is 0 Å². The Kier molecular flexibility index (Phi) is 1.98. The summed E-state index contributed by atoms with van der Waals surface area (Å²) in [6, 6.07) is 5.00. The number of nitrogens with two attached hydrogens (primary N) is 1. The topological polar surface area (TPSA) is 39.6 Å². The highest BCUT2D eigenvalue weighted by Crippen LogP contribution is 2.26. The first-order valence-corrected chi connectivity index (χ1v) is 3.09. The molecule has 0 aliphatic carbocycles. The van der Waals surface area contributed by atoms with Crippen molar-refractivity contribution in [3.8, 4) is 5.75 Å². The Morgan fingerprint density at radius 3 is 2.82 bits per heavy atom. The van der Waals surface area contributed by atoms with Crippen molar-refractivity contribution in [1.29, 1.82) is 0 Å². The van der Waals surface area contributed by atoms with Gasteiger partial charge in [0.05, 0.1) is 13.7 Å². The van der Waals surface area contributed by atoms with E-state index in [2.05, 4.69) is 4.85 Å². The Morgan fingerprint density at radius 1 is 1.55 bits per heavy atom. The van der Waals surface area contributed by atoms with Crippen LogP contribution in [0.2, 0.25) is 0 Å². The van der Waals surface area contributed by atoms with Gasteiger partial charge in [0, 0.05) is 5.69 Å². The molecule has 0 amide bonds. The van der Waals surface area contributed by atoms with Gasteiger partial charge in [0.25, 0.3) is 0 Å². The molecule has 0 heterocycles. The van der Waals surface area contributed by atoms with E-state index in [1.54, 1.807) is 25.3 Å². The summed E-state index contributed by atoms with van der Waals surface area (Å²) in [7, 11) is 1.55. The van der Waals surface area contributed by atoms with Gasteiger partial charge < -0.3 is 10.5 Å². The Bertz CT molecular complexity index is 301. The second-order valence-electron chi connectivity index (χ2n) is 2.04. The molecule has 0 aromatic heterocycles. The number of methoxy groups -OCH3 is 1. The van der Waals surface area contributed by atoms with Crippen LogP contribution in [0.4, 0.5) is 11.4 Å². The van der Waals surface area contributed by atoms with Crippen LogP contribution < -0.4 is 10.5 Å². The molecule has 56 valence electrons. The second kappa shape index (κ2) is 2.93. The molecule has 0 fully saturated rings. The first-order valence-electron chi connectivity index (χ1n) is 3.09. The Hall–Kier alpha value is -1.69. The summed E-state index contributed by atoms with van der Waals surface area (Å²) in [5.74, 6) is 0.658. The quantitative estimate of drug-likeness (QED) is 0.487. The van der Waals surface area contributed by atoms with Crippen LogP contribution in [0.5, 0.6) is 5.75 Å². The average molecular weight is 148 g/mol. The lowest BCUT2D eigenvalue weighted by atomic mass is 10.2. The van der Waals surface area contributed by atoms with Gasteiger partial charge in [-0.1, -0.05) is 0 Å². The fourth-order valence-corrected chi connectivity index (χ4v) is 0.747. The fourth-order valence-electron chi connectivity index (χ4n) is 0.747. The van der Waals surface area contributed by atoms with Crippen LogP contribution in [0.1, 0.15) is 0 Å². The predicted octanol–water partition coefficient (Wildman–Crippen LogP) is 1.83. The molecule has 11 heavy (non-hydrogen) atoms. The highest BCUT2D eigenvalue weighted by atomic mass is 16.5. The molecule has 0 radical (unpaired) electrons. The van der Waals surface area contributed by atoms with Crippen LogP contribution in [0.3, 0.4) is 0 Å². The molecule has 0 spiro atoms. The van der Waals surface area contributed by atoms with Gasteiger partial charge in [-0.25, -0.2) is 4.85 Å². The van der Waals surface area contributed by atoms with E-state index in [1.807, 2.05) is 0 Å². The smallest absolute Gasteiger partial charge is 0.212 e. The molecule has 1 rings (SSSR count). The van der Waals surface area contributed by atoms with Crippen LogP contribution in [-0.2, 0) is 0 Å². The normalized spacial score (nSPS) is 8.73. The van der Waals surface area contributed by atoms with E-state index in [9.17, 15) is 0 Å². The summed E-state index contributed by atoms with van der Waals surface area (Å²) in [4.78, 5) is 3.22. The molecule has 0 bridgehead atoms. The molecule has 0 unspecified atom stereocenters. The molecule has 0 atom stereocenters. The van der Waals surface area contributed by atoms with E-state index in [4.69, 9.17) is 17.0 Å². The van der Waals surface area contributed by atoms with E-state index in [0.717, 1.165) is 0 Å². The minimum atomic E-state index is 0.435. The van der Waals surface area contributed by atoms with E-state index in [0.29, 0.717) is 17.1 Å². The summed E-state index contributed by atoms with van der Waals surface area (Å²) in [6.07, 6.45) is 0. The van der Waals surface area contributed by atoms with E-state index in [1.165, 1.54) is 0 Å². The molecule has 1 aromatic rings. The highest BCUT2D eigenvalue weighted by molar-refractivity contribution is 5.68. The molecule has 0 saturated heterocycles. The molecule has 0 saturated carbocycles. The van der Waals surface area contributed by atoms with E-state index < -0.39 is 0 Å². The third-order valence-electron chi connectivity index (χ3n) is 1.36. The molecule has 3 nitrogen and oxygen atoms in total. The van der Waals surface area contributed by atoms with Crippen LogP contribution in [0.25, 0.3) is 4.85 Å². The number of hydrogen-bond donors (Lipinski definition) is 1.